The van der Waals surface area contributed by atoms with Gasteiger partial charge in [-0.15, -0.1) is 11.8 Å². The van der Waals surface area contributed by atoms with Gasteiger partial charge in [0.1, 0.15) is 6.04 Å². The van der Waals surface area contributed by atoms with Crippen molar-refractivity contribution in [2.75, 3.05) is 6.26 Å². The summed E-state index contributed by atoms with van der Waals surface area (Å²) in [5, 5.41) is 6.66. The average molecular weight is 291 g/mol. The second-order valence-corrected chi connectivity index (χ2v) is 5.22. The van der Waals surface area contributed by atoms with Gasteiger partial charge in [-0.2, -0.15) is 4.98 Å². The molecule has 0 aliphatic rings. The number of hydrogen-bond donors (Lipinski definition) is 1. The van der Waals surface area contributed by atoms with Crippen LogP contribution in [0.15, 0.2) is 33.7 Å². The molecule has 2 aromatic rings. The number of carbonyl (C=O) groups is 1. The number of nitrogens with zero attached hydrogens (tertiary/aromatic N) is 2. The van der Waals surface area contributed by atoms with Crippen molar-refractivity contribution in [2.24, 2.45) is 0 Å². The zero-order valence-corrected chi connectivity index (χ0v) is 12.5. The molecular weight excluding hydrogens is 274 g/mol. The largest absolute Gasteiger partial charge is 0.340 e. The zero-order chi connectivity index (χ0) is 14.5. The summed E-state index contributed by atoms with van der Waals surface area (Å²) in [6.45, 7) is 3.71. The lowest BCUT2D eigenvalue weighted by Crippen LogP contribution is -2.28. The van der Waals surface area contributed by atoms with E-state index in [-0.39, 0.29) is 11.9 Å². The molecule has 0 fully saturated rings. The Kier molecular flexibility index (Phi) is 4.79. The van der Waals surface area contributed by atoms with Crippen molar-refractivity contribution in [3.63, 3.8) is 0 Å². The minimum absolute atomic E-state index is 0.139. The van der Waals surface area contributed by atoms with E-state index in [1.54, 1.807) is 18.7 Å². The Morgan fingerprint density at radius 2 is 2.10 bits per heavy atom. The maximum Gasteiger partial charge on any atom is 0.251 e. The highest BCUT2D eigenvalue weighted by Crippen LogP contribution is 2.17. The first kappa shape index (κ1) is 14.6. The van der Waals surface area contributed by atoms with Gasteiger partial charge in [0.2, 0.25) is 5.89 Å². The summed E-state index contributed by atoms with van der Waals surface area (Å²) in [5.41, 5.74) is 0.623. The smallest absolute Gasteiger partial charge is 0.251 e. The highest BCUT2D eigenvalue weighted by molar-refractivity contribution is 7.98. The second kappa shape index (κ2) is 6.56. The highest BCUT2D eigenvalue weighted by atomic mass is 32.2. The predicted octanol–water partition coefficient (Wildman–Crippen LogP) is 2.98. The maximum absolute atomic E-state index is 12.2. The third-order valence-electron chi connectivity index (χ3n) is 2.91. The lowest BCUT2D eigenvalue weighted by molar-refractivity contribution is 0.0927. The van der Waals surface area contributed by atoms with Gasteiger partial charge in [0.25, 0.3) is 5.91 Å². The van der Waals surface area contributed by atoms with Crippen molar-refractivity contribution in [1.82, 2.24) is 15.5 Å². The Bertz CT molecular complexity index is 580. The molecule has 5 nitrogen and oxygen atoms in total. The molecule has 0 aliphatic heterocycles. The number of carbonyl (C=O) groups excluding carboxylic acids is 1. The molecule has 0 aliphatic carbocycles. The fourth-order valence-electron chi connectivity index (χ4n) is 1.78. The molecule has 1 N–H and O–H groups in total. The van der Waals surface area contributed by atoms with Crippen LogP contribution in [-0.2, 0) is 0 Å². The van der Waals surface area contributed by atoms with E-state index in [4.69, 9.17) is 4.52 Å². The van der Waals surface area contributed by atoms with Crippen LogP contribution < -0.4 is 5.32 Å². The van der Waals surface area contributed by atoms with Crippen molar-refractivity contribution in [3.8, 4) is 0 Å². The second-order valence-electron chi connectivity index (χ2n) is 4.34. The van der Waals surface area contributed by atoms with Gasteiger partial charge < -0.3 is 9.84 Å². The summed E-state index contributed by atoms with van der Waals surface area (Å²) in [6.07, 6.45) is 2.69. The number of rotatable bonds is 5. The van der Waals surface area contributed by atoms with E-state index < -0.39 is 0 Å². The van der Waals surface area contributed by atoms with E-state index in [2.05, 4.69) is 15.5 Å². The third-order valence-corrected chi connectivity index (χ3v) is 3.65. The molecule has 0 saturated heterocycles. The van der Waals surface area contributed by atoms with Gasteiger partial charge in [-0.1, -0.05) is 12.1 Å². The topological polar surface area (TPSA) is 68.0 Å². The van der Waals surface area contributed by atoms with E-state index in [9.17, 15) is 4.79 Å². The highest BCUT2D eigenvalue weighted by Gasteiger charge is 2.19. The van der Waals surface area contributed by atoms with E-state index in [0.717, 1.165) is 4.90 Å². The molecule has 0 radical (unpaired) electrons. The Morgan fingerprint density at radius 1 is 1.40 bits per heavy atom. The Balaban J connectivity index is 2.08. The van der Waals surface area contributed by atoms with Crippen molar-refractivity contribution >= 4 is 17.7 Å². The molecule has 2 rings (SSSR count). The molecule has 1 aromatic heterocycles. The SMILES string of the molecule is CC[C@@H](NC(=O)c1ccc(SC)cc1)c1nc(C)no1. The third kappa shape index (κ3) is 3.39. The standard InChI is InChI=1S/C14H17N3O2S/c1-4-12(14-15-9(2)17-19-14)16-13(18)10-5-7-11(20-3)8-6-10/h5-8,12H,4H2,1-3H3,(H,16,18)/t12-/m1/s1. The maximum atomic E-state index is 12.2. The van der Waals surface area contributed by atoms with Crippen molar-refractivity contribution in [1.29, 1.82) is 0 Å². The number of thioether (sulfide) groups is 1. The van der Waals surface area contributed by atoms with Gasteiger partial charge in [-0.25, -0.2) is 0 Å². The minimum Gasteiger partial charge on any atom is -0.340 e. The van der Waals surface area contributed by atoms with Gasteiger partial charge in [-0.05, 0) is 43.9 Å². The first-order valence-electron chi connectivity index (χ1n) is 6.39. The van der Waals surface area contributed by atoms with Gasteiger partial charge in [0, 0.05) is 10.5 Å². The predicted molar refractivity (Wildman–Crippen MR) is 77.8 cm³/mol. The number of benzene rings is 1. The van der Waals surface area contributed by atoms with Crippen molar-refractivity contribution < 1.29 is 9.32 Å². The number of aryl methyl sites for hydroxylation is 1. The van der Waals surface area contributed by atoms with E-state index in [1.165, 1.54) is 0 Å². The fraction of sp³-hybridized carbons (Fsp3) is 0.357. The van der Waals surface area contributed by atoms with Crippen molar-refractivity contribution in [2.45, 2.75) is 31.2 Å². The molecule has 1 heterocycles. The summed E-state index contributed by atoms with van der Waals surface area (Å²) in [4.78, 5) is 17.5. The summed E-state index contributed by atoms with van der Waals surface area (Å²) < 4.78 is 5.11. The van der Waals surface area contributed by atoms with Crippen LogP contribution in [0.1, 0.15) is 41.5 Å². The van der Waals surface area contributed by atoms with Crippen LogP contribution in [0.25, 0.3) is 0 Å². The first-order chi connectivity index (χ1) is 9.63. The van der Waals surface area contributed by atoms with Gasteiger partial charge in [0.05, 0.1) is 0 Å². The van der Waals surface area contributed by atoms with Crippen LogP contribution in [0, 0.1) is 6.92 Å². The summed E-state index contributed by atoms with van der Waals surface area (Å²) in [6, 6.07) is 7.22. The molecular formula is C14H17N3O2S. The minimum atomic E-state index is -0.260. The molecule has 0 spiro atoms. The fourth-order valence-corrected chi connectivity index (χ4v) is 2.19. The monoisotopic (exact) mass is 291 g/mol. The van der Waals surface area contributed by atoms with Crippen LogP contribution in [0.4, 0.5) is 0 Å². The van der Waals surface area contributed by atoms with Crippen LogP contribution in [0.2, 0.25) is 0 Å². The van der Waals surface area contributed by atoms with Crippen molar-refractivity contribution in [3.05, 3.63) is 41.5 Å². The normalized spacial score (nSPS) is 12.2. The molecule has 1 aromatic carbocycles. The van der Waals surface area contributed by atoms with Crippen LogP contribution in [0.3, 0.4) is 0 Å². The number of amides is 1. The van der Waals surface area contributed by atoms with E-state index in [0.29, 0.717) is 23.7 Å². The number of nitrogens with one attached hydrogen (secondary N) is 1. The molecule has 106 valence electrons. The number of aromatic nitrogens is 2. The van der Waals surface area contributed by atoms with Gasteiger partial charge in [-0.3, -0.25) is 4.79 Å². The average Bonchev–Trinajstić information content (AvgIpc) is 2.91. The number of hydrogen-bond acceptors (Lipinski definition) is 5. The summed E-state index contributed by atoms with van der Waals surface area (Å²) >= 11 is 1.64. The molecule has 0 bridgehead atoms. The molecule has 1 atom stereocenters. The molecule has 0 saturated carbocycles. The molecule has 6 heteroatoms. The zero-order valence-electron chi connectivity index (χ0n) is 11.7. The Morgan fingerprint density at radius 3 is 2.60 bits per heavy atom. The molecule has 20 heavy (non-hydrogen) atoms. The molecule has 0 unspecified atom stereocenters. The molecule has 1 amide bonds. The van der Waals surface area contributed by atoms with E-state index >= 15 is 0 Å². The van der Waals surface area contributed by atoms with Crippen LogP contribution in [0.5, 0.6) is 0 Å². The van der Waals surface area contributed by atoms with E-state index in [1.807, 2.05) is 37.4 Å². The van der Waals surface area contributed by atoms with Gasteiger partial charge in [0.15, 0.2) is 5.82 Å². The first-order valence-corrected chi connectivity index (χ1v) is 7.61. The lowest BCUT2D eigenvalue weighted by Gasteiger charge is -2.12. The Labute approximate surface area is 122 Å². The summed E-state index contributed by atoms with van der Waals surface area (Å²) in [7, 11) is 0. The van der Waals surface area contributed by atoms with Crippen LogP contribution in [-0.4, -0.2) is 22.3 Å². The quantitative estimate of drug-likeness (QED) is 0.858. The van der Waals surface area contributed by atoms with Gasteiger partial charge >= 0.3 is 0 Å². The summed E-state index contributed by atoms with van der Waals surface area (Å²) in [5.74, 6) is 0.872. The van der Waals surface area contributed by atoms with Crippen LogP contribution >= 0.6 is 11.8 Å². The lowest BCUT2D eigenvalue weighted by atomic mass is 10.1. The Hall–Kier alpha value is -1.82.